The summed E-state index contributed by atoms with van der Waals surface area (Å²) in [7, 11) is 2.19. The highest BCUT2D eigenvalue weighted by Gasteiger charge is 2.15. The average Bonchev–Trinajstić information content (AvgIpc) is 3.10. The molecule has 1 heterocycles. The molecule has 1 atom stereocenters. The molecule has 7 heteroatoms. The minimum Gasteiger partial charge on any atom is -0.381 e. The van der Waals surface area contributed by atoms with Crippen LogP contribution in [0.5, 0.6) is 0 Å². The van der Waals surface area contributed by atoms with Gasteiger partial charge in [0.25, 0.3) is 0 Å². The summed E-state index contributed by atoms with van der Waals surface area (Å²) in [4.78, 5) is 7.01. The quantitative estimate of drug-likeness (QED) is 0.182. The van der Waals surface area contributed by atoms with Gasteiger partial charge in [0.15, 0.2) is 5.96 Å². The fourth-order valence-electron chi connectivity index (χ4n) is 2.62. The van der Waals surface area contributed by atoms with Crippen LogP contribution in [0.2, 0.25) is 0 Å². The molecule has 1 aliphatic rings. The summed E-state index contributed by atoms with van der Waals surface area (Å²) in [5.74, 6) is 1.51. The molecule has 156 valence electrons. The van der Waals surface area contributed by atoms with E-state index in [1.54, 1.807) is 0 Å². The second-order valence-electron chi connectivity index (χ2n) is 7.13. The van der Waals surface area contributed by atoms with Gasteiger partial charge >= 0.3 is 0 Å². The van der Waals surface area contributed by atoms with Gasteiger partial charge in [-0.3, -0.25) is 4.99 Å². The topological polar surface area (TPSA) is 58.1 Å². The van der Waals surface area contributed by atoms with Crippen LogP contribution >= 0.6 is 24.0 Å². The maximum Gasteiger partial charge on any atom is 0.191 e. The van der Waals surface area contributed by atoms with Crippen LogP contribution < -0.4 is 10.6 Å². The molecule has 0 saturated carbocycles. The van der Waals surface area contributed by atoms with Crippen molar-refractivity contribution < 1.29 is 9.47 Å². The molecule has 1 saturated heterocycles. The van der Waals surface area contributed by atoms with Crippen molar-refractivity contribution >= 4 is 29.9 Å². The fourth-order valence-corrected chi connectivity index (χ4v) is 2.62. The molecule has 0 aromatic carbocycles. The van der Waals surface area contributed by atoms with Crippen molar-refractivity contribution in [1.82, 2.24) is 15.5 Å². The molecule has 6 nitrogen and oxygen atoms in total. The minimum atomic E-state index is 0. The number of nitrogens with one attached hydrogen (secondary N) is 2. The van der Waals surface area contributed by atoms with E-state index in [-0.39, 0.29) is 24.0 Å². The normalized spacial score (nSPS) is 17.6. The molecule has 0 aromatic rings. The zero-order valence-electron chi connectivity index (χ0n) is 17.3. The van der Waals surface area contributed by atoms with E-state index in [1.807, 2.05) is 0 Å². The molecule has 0 radical (unpaired) electrons. The number of nitrogens with zero attached hydrogens (tertiary/aromatic N) is 2. The first kappa shape index (κ1) is 25.9. The van der Waals surface area contributed by atoms with Crippen LogP contribution in [0.15, 0.2) is 4.99 Å². The smallest absolute Gasteiger partial charge is 0.191 e. The summed E-state index contributed by atoms with van der Waals surface area (Å²) in [6.07, 6.45) is 4.47. The molecule has 1 aliphatic heterocycles. The fraction of sp³-hybridized carbons (Fsp3) is 0.947. The second-order valence-corrected chi connectivity index (χ2v) is 7.13. The zero-order chi connectivity index (χ0) is 18.3. The number of hydrogen-bond acceptors (Lipinski definition) is 4. The highest BCUT2D eigenvalue weighted by atomic mass is 127. The lowest BCUT2D eigenvalue weighted by Gasteiger charge is -2.20. The first-order valence-corrected chi connectivity index (χ1v) is 10.0. The summed E-state index contributed by atoms with van der Waals surface area (Å²) < 4.78 is 11.1. The third-order valence-corrected chi connectivity index (χ3v) is 4.55. The molecule has 0 aliphatic carbocycles. The lowest BCUT2D eigenvalue weighted by Crippen LogP contribution is -2.38. The maximum absolute atomic E-state index is 5.72. The number of hydrogen-bond donors (Lipinski definition) is 2. The number of halogens is 1. The van der Waals surface area contributed by atoms with Gasteiger partial charge in [-0.15, -0.1) is 24.0 Å². The van der Waals surface area contributed by atoms with E-state index in [0.29, 0.717) is 12.0 Å². The molecule has 2 N–H and O–H groups in total. The Morgan fingerprint density at radius 2 is 2.08 bits per heavy atom. The van der Waals surface area contributed by atoms with Crippen LogP contribution in [-0.4, -0.2) is 76.6 Å². The third-order valence-electron chi connectivity index (χ3n) is 4.55. The van der Waals surface area contributed by atoms with Crippen molar-refractivity contribution in [2.45, 2.75) is 52.5 Å². The van der Waals surface area contributed by atoms with Crippen molar-refractivity contribution in [2.75, 3.05) is 59.7 Å². The predicted molar refractivity (Wildman–Crippen MR) is 121 cm³/mol. The van der Waals surface area contributed by atoms with Gasteiger partial charge in [0.1, 0.15) is 0 Å². The Bertz CT molecular complexity index is 350. The third kappa shape index (κ3) is 13.1. The Balaban J connectivity index is 0.00000625. The highest BCUT2D eigenvalue weighted by Crippen LogP contribution is 2.12. The Hall–Kier alpha value is -0.120. The van der Waals surface area contributed by atoms with Gasteiger partial charge < -0.3 is 25.0 Å². The summed E-state index contributed by atoms with van der Waals surface area (Å²) in [6.45, 7) is 13.7. The van der Waals surface area contributed by atoms with E-state index in [0.717, 1.165) is 77.8 Å². The number of unbranched alkanes of at least 4 members (excludes halogenated alkanes) is 1. The van der Waals surface area contributed by atoms with Crippen molar-refractivity contribution in [1.29, 1.82) is 0 Å². The molecule has 26 heavy (non-hydrogen) atoms. The molecular formula is C19H41IN4O2. The summed E-state index contributed by atoms with van der Waals surface area (Å²) in [5, 5.41) is 6.73. The molecular weight excluding hydrogens is 443 g/mol. The lowest BCUT2D eigenvalue weighted by atomic mass is 10.1. The number of ether oxygens (including phenoxy) is 2. The first-order valence-electron chi connectivity index (χ1n) is 10.0. The van der Waals surface area contributed by atoms with Gasteiger partial charge in [-0.2, -0.15) is 0 Å². The zero-order valence-corrected chi connectivity index (χ0v) is 19.6. The molecule has 0 bridgehead atoms. The van der Waals surface area contributed by atoms with Gasteiger partial charge in [-0.05, 0) is 60.0 Å². The number of rotatable bonds is 13. The van der Waals surface area contributed by atoms with Crippen LogP contribution in [-0.2, 0) is 9.47 Å². The van der Waals surface area contributed by atoms with Gasteiger partial charge in [-0.25, -0.2) is 0 Å². The Morgan fingerprint density at radius 3 is 2.73 bits per heavy atom. The highest BCUT2D eigenvalue weighted by molar-refractivity contribution is 14.0. The summed E-state index contributed by atoms with van der Waals surface area (Å²) in [5.41, 5.74) is 0. The van der Waals surface area contributed by atoms with E-state index in [4.69, 9.17) is 9.47 Å². The van der Waals surface area contributed by atoms with Crippen LogP contribution in [0.1, 0.15) is 46.5 Å². The molecule has 1 fully saturated rings. The van der Waals surface area contributed by atoms with Crippen LogP contribution in [0.4, 0.5) is 0 Å². The maximum atomic E-state index is 5.72. The van der Waals surface area contributed by atoms with Crippen molar-refractivity contribution in [2.24, 2.45) is 10.9 Å². The number of guanidine groups is 1. The van der Waals surface area contributed by atoms with E-state index >= 15 is 0 Å². The van der Waals surface area contributed by atoms with Crippen molar-refractivity contribution in [3.05, 3.63) is 0 Å². The van der Waals surface area contributed by atoms with E-state index < -0.39 is 0 Å². The predicted octanol–water partition coefficient (Wildman–Crippen LogP) is 2.72. The van der Waals surface area contributed by atoms with Gasteiger partial charge in [0.2, 0.25) is 0 Å². The molecule has 0 amide bonds. The Kier molecular flexibility index (Phi) is 16.9. The van der Waals surface area contributed by atoms with Crippen LogP contribution in [0, 0.1) is 5.92 Å². The lowest BCUT2D eigenvalue weighted by molar-refractivity contribution is 0.0893. The van der Waals surface area contributed by atoms with Gasteiger partial charge in [-0.1, -0.05) is 0 Å². The largest absolute Gasteiger partial charge is 0.381 e. The van der Waals surface area contributed by atoms with E-state index in [9.17, 15) is 0 Å². The van der Waals surface area contributed by atoms with Gasteiger partial charge in [0.05, 0.1) is 13.2 Å². The molecule has 0 aromatic heterocycles. The summed E-state index contributed by atoms with van der Waals surface area (Å²) in [6, 6.07) is 0.621. The Morgan fingerprint density at radius 1 is 1.27 bits per heavy atom. The monoisotopic (exact) mass is 484 g/mol. The van der Waals surface area contributed by atoms with Crippen molar-refractivity contribution in [3.63, 3.8) is 0 Å². The first-order chi connectivity index (χ1) is 12.1. The van der Waals surface area contributed by atoms with Crippen LogP contribution in [0.3, 0.4) is 0 Å². The Labute approximate surface area is 177 Å². The summed E-state index contributed by atoms with van der Waals surface area (Å²) >= 11 is 0. The minimum absolute atomic E-state index is 0. The molecule has 0 spiro atoms. The SMILES string of the molecule is CCNC(=NCCCOCC1CCOC1)NCCCCN(C)C(C)C.I. The van der Waals surface area contributed by atoms with E-state index in [2.05, 4.69) is 48.3 Å². The van der Waals surface area contributed by atoms with E-state index in [1.165, 1.54) is 6.42 Å². The molecule has 1 rings (SSSR count). The van der Waals surface area contributed by atoms with Crippen molar-refractivity contribution in [3.8, 4) is 0 Å². The second kappa shape index (κ2) is 17.0. The molecule has 1 unspecified atom stereocenters. The van der Waals surface area contributed by atoms with Crippen LogP contribution in [0.25, 0.3) is 0 Å². The average molecular weight is 484 g/mol. The number of aliphatic imine (C=N–C) groups is 1. The van der Waals surface area contributed by atoms with Gasteiger partial charge in [0, 0.05) is 44.8 Å². The standard InChI is InChI=1S/C19H40N4O2.HI/c1-5-20-19(21-10-6-7-12-23(4)17(2)3)22-11-8-13-24-15-18-9-14-25-16-18;/h17-18H,5-16H2,1-4H3,(H2,20,21,22);1H.